The Bertz CT molecular complexity index is 370. The Hall–Kier alpha value is -1.68. The van der Waals surface area contributed by atoms with E-state index in [2.05, 4.69) is 5.32 Å². The summed E-state index contributed by atoms with van der Waals surface area (Å²) in [6.45, 7) is 2.63. The minimum absolute atomic E-state index is 0.112. The maximum atomic E-state index is 10.6. The molecule has 0 aliphatic carbocycles. The van der Waals surface area contributed by atoms with Gasteiger partial charge in [-0.05, 0) is 37.6 Å². The van der Waals surface area contributed by atoms with Gasteiger partial charge in [0.1, 0.15) is 5.78 Å². The molecule has 0 spiro atoms. The van der Waals surface area contributed by atoms with Gasteiger partial charge in [0.15, 0.2) is 0 Å². The van der Waals surface area contributed by atoms with E-state index in [4.69, 9.17) is 5.11 Å². The third-order valence-electron chi connectivity index (χ3n) is 2.17. The number of Topliss-reactive ketones (excluding diaryl/α,β-unsaturated/α-hetero) is 1. The third kappa shape index (κ3) is 4.23. The Labute approximate surface area is 94.3 Å². The highest BCUT2D eigenvalue weighted by molar-refractivity contribution is 5.87. The maximum Gasteiger partial charge on any atom is 0.335 e. The van der Waals surface area contributed by atoms with E-state index in [1.54, 1.807) is 24.3 Å². The van der Waals surface area contributed by atoms with E-state index in [0.29, 0.717) is 18.7 Å². The lowest BCUT2D eigenvalue weighted by atomic mass is 10.1. The molecular formula is C12H15NO3. The summed E-state index contributed by atoms with van der Waals surface area (Å²) in [5, 5.41) is 11.7. The summed E-state index contributed by atoms with van der Waals surface area (Å²) in [5.74, 6) is -0.803. The molecule has 0 unspecified atom stereocenters. The number of ketones is 1. The standard InChI is InChI=1S/C12H15NO3/c1-9(14)8-13-7-6-10-2-4-11(5-3-10)12(15)16/h2-5,13H,6-8H2,1H3,(H,15,16). The van der Waals surface area contributed by atoms with E-state index in [1.807, 2.05) is 0 Å². The number of carbonyl (C=O) groups excluding carboxylic acids is 1. The topological polar surface area (TPSA) is 66.4 Å². The molecule has 4 heteroatoms. The average Bonchev–Trinajstić information content (AvgIpc) is 2.25. The van der Waals surface area contributed by atoms with Crippen LogP contribution in [-0.4, -0.2) is 29.9 Å². The molecule has 0 amide bonds. The Morgan fingerprint density at radius 3 is 2.38 bits per heavy atom. The fourth-order valence-electron chi connectivity index (χ4n) is 1.31. The molecule has 0 radical (unpaired) electrons. The molecule has 0 saturated heterocycles. The Kier molecular flexibility index (Phi) is 4.66. The fraction of sp³-hybridized carbons (Fsp3) is 0.333. The lowest BCUT2D eigenvalue weighted by molar-refractivity contribution is -0.116. The van der Waals surface area contributed by atoms with Gasteiger partial charge in [-0.1, -0.05) is 12.1 Å². The second kappa shape index (κ2) is 6.02. The second-order valence-electron chi connectivity index (χ2n) is 3.63. The van der Waals surface area contributed by atoms with Crippen LogP contribution in [0.15, 0.2) is 24.3 Å². The van der Waals surface area contributed by atoms with E-state index < -0.39 is 5.97 Å². The second-order valence-corrected chi connectivity index (χ2v) is 3.63. The van der Waals surface area contributed by atoms with Crippen molar-refractivity contribution in [1.82, 2.24) is 5.32 Å². The van der Waals surface area contributed by atoms with Crippen molar-refractivity contribution < 1.29 is 14.7 Å². The Morgan fingerprint density at radius 1 is 1.25 bits per heavy atom. The maximum absolute atomic E-state index is 10.6. The lowest BCUT2D eigenvalue weighted by Gasteiger charge is -2.03. The number of rotatable bonds is 6. The molecular weight excluding hydrogens is 206 g/mol. The van der Waals surface area contributed by atoms with E-state index in [9.17, 15) is 9.59 Å². The zero-order valence-electron chi connectivity index (χ0n) is 9.19. The predicted octanol–water partition coefficient (Wildman–Crippen LogP) is 1.11. The Balaban J connectivity index is 2.38. The molecule has 4 nitrogen and oxygen atoms in total. The molecule has 0 fully saturated rings. The van der Waals surface area contributed by atoms with Gasteiger partial charge in [0.05, 0.1) is 12.1 Å². The van der Waals surface area contributed by atoms with Crippen LogP contribution >= 0.6 is 0 Å². The number of hydrogen-bond donors (Lipinski definition) is 2. The zero-order valence-corrected chi connectivity index (χ0v) is 9.19. The van der Waals surface area contributed by atoms with Crippen LogP contribution in [0.3, 0.4) is 0 Å². The number of nitrogens with one attached hydrogen (secondary N) is 1. The van der Waals surface area contributed by atoms with Gasteiger partial charge in [0, 0.05) is 0 Å². The molecule has 2 N–H and O–H groups in total. The molecule has 0 saturated carbocycles. The summed E-state index contributed by atoms with van der Waals surface area (Å²) in [7, 11) is 0. The van der Waals surface area contributed by atoms with E-state index in [-0.39, 0.29) is 5.78 Å². The average molecular weight is 221 g/mol. The molecule has 86 valence electrons. The van der Waals surface area contributed by atoms with Crippen molar-refractivity contribution in [2.75, 3.05) is 13.1 Å². The van der Waals surface area contributed by atoms with Crippen molar-refractivity contribution in [1.29, 1.82) is 0 Å². The third-order valence-corrected chi connectivity index (χ3v) is 2.17. The minimum atomic E-state index is -0.916. The minimum Gasteiger partial charge on any atom is -0.478 e. The van der Waals surface area contributed by atoms with Gasteiger partial charge < -0.3 is 10.4 Å². The molecule has 0 aliphatic rings. The summed E-state index contributed by atoms with van der Waals surface area (Å²) in [4.78, 5) is 21.2. The normalized spacial score (nSPS) is 10.1. The monoisotopic (exact) mass is 221 g/mol. The fourth-order valence-corrected chi connectivity index (χ4v) is 1.31. The van der Waals surface area contributed by atoms with Crippen LogP contribution in [0.2, 0.25) is 0 Å². The predicted molar refractivity (Wildman–Crippen MR) is 60.7 cm³/mol. The summed E-state index contributed by atoms with van der Waals surface area (Å²) < 4.78 is 0. The van der Waals surface area contributed by atoms with Crippen molar-refractivity contribution >= 4 is 11.8 Å². The molecule has 1 rings (SSSR count). The molecule has 16 heavy (non-hydrogen) atoms. The lowest BCUT2D eigenvalue weighted by Crippen LogP contribution is -2.23. The molecule has 0 aromatic heterocycles. The van der Waals surface area contributed by atoms with Crippen LogP contribution in [0.5, 0.6) is 0 Å². The molecule has 0 aliphatic heterocycles. The van der Waals surface area contributed by atoms with Gasteiger partial charge >= 0.3 is 5.97 Å². The summed E-state index contributed by atoms with van der Waals surface area (Å²) in [5.41, 5.74) is 1.35. The highest BCUT2D eigenvalue weighted by atomic mass is 16.4. The first kappa shape index (κ1) is 12.4. The number of hydrogen-bond acceptors (Lipinski definition) is 3. The van der Waals surface area contributed by atoms with Gasteiger partial charge in [0.25, 0.3) is 0 Å². The first-order valence-corrected chi connectivity index (χ1v) is 5.12. The number of carboxylic acids is 1. The quantitative estimate of drug-likeness (QED) is 0.706. The first-order chi connectivity index (χ1) is 7.59. The SMILES string of the molecule is CC(=O)CNCCc1ccc(C(=O)O)cc1. The number of carboxylic acid groups (broad SMARTS) is 1. The highest BCUT2D eigenvalue weighted by Crippen LogP contribution is 2.04. The van der Waals surface area contributed by atoms with E-state index in [1.165, 1.54) is 6.92 Å². The summed E-state index contributed by atoms with van der Waals surface area (Å²) in [6, 6.07) is 6.75. The molecule has 0 bridgehead atoms. The van der Waals surface area contributed by atoms with E-state index in [0.717, 1.165) is 12.0 Å². The van der Waals surface area contributed by atoms with Gasteiger partial charge in [-0.2, -0.15) is 0 Å². The van der Waals surface area contributed by atoms with Crippen molar-refractivity contribution in [2.45, 2.75) is 13.3 Å². The van der Waals surface area contributed by atoms with Crippen molar-refractivity contribution in [3.05, 3.63) is 35.4 Å². The van der Waals surface area contributed by atoms with Crippen molar-refractivity contribution in [3.8, 4) is 0 Å². The van der Waals surface area contributed by atoms with Crippen LogP contribution in [0, 0.1) is 0 Å². The Morgan fingerprint density at radius 2 is 1.88 bits per heavy atom. The number of benzene rings is 1. The molecule has 1 aromatic carbocycles. The van der Waals surface area contributed by atoms with Gasteiger partial charge in [-0.3, -0.25) is 4.79 Å². The van der Waals surface area contributed by atoms with Crippen LogP contribution in [0.1, 0.15) is 22.8 Å². The van der Waals surface area contributed by atoms with Crippen LogP contribution < -0.4 is 5.32 Å². The number of carbonyl (C=O) groups is 2. The largest absolute Gasteiger partial charge is 0.478 e. The summed E-state index contributed by atoms with van der Waals surface area (Å²) in [6.07, 6.45) is 0.785. The smallest absolute Gasteiger partial charge is 0.335 e. The van der Waals surface area contributed by atoms with E-state index >= 15 is 0 Å². The van der Waals surface area contributed by atoms with Crippen LogP contribution in [-0.2, 0) is 11.2 Å². The van der Waals surface area contributed by atoms with Crippen molar-refractivity contribution in [3.63, 3.8) is 0 Å². The zero-order chi connectivity index (χ0) is 12.0. The summed E-state index contributed by atoms with van der Waals surface area (Å²) >= 11 is 0. The number of aromatic carboxylic acids is 1. The van der Waals surface area contributed by atoms with Crippen LogP contribution in [0.25, 0.3) is 0 Å². The van der Waals surface area contributed by atoms with Gasteiger partial charge in [-0.25, -0.2) is 4.79 Å². The van der Waals surface area contributed by atoms with Crippen LogP contribution in [0.4, 0.5) is 0 Å². The van der Waals surface area contributed by atoms with Crippen molar-refractivity contribution in [2.24, 2.45) is 0 Å². The van der Waals surface area contributed by atoms with Gasteiger partial charge in [0.2, 0.25) is 0 Å². The first-order valence-electron chi connectivity index (χ1n) is 5.12. The molecule has 1 aromatic rings. The molecule has 0 atom stereocenters. The van der Waals surface area contributed by atoms with Gasteiger partial charge in [-0.15, -0.1) is 0 Å². The molecule has 0 heterocycles. The highest BCUT2D eigenvalue weighted by Gasteiger charge is 2.01.